The number of carbonyl (C=O) groups excluding carboxylic acids is 2. The Morgan fingerprint density at radius 2 is 0.810 bits per heavy atom. The number of ether oxygens (including phenoxy) is 6. The molecule has 4 rings (SSSR count). The lowest BCUT2D eigenvalue weighted by Gasteiger charge is -2.10. The lowest BCUT2D eigenvalue weighted by atomic mass is 9.94. The van der Waals surface area contributed by atoms with Crippen LogP contribution in [0.15, 0.2) is 120 Å². The molecule has 0 unspecified atom stereocenters. The lowest BCUT2D eigenvalue weighted by Crippen LogP contribution is -2.12. The Morgan fingerprint density at radius 1 is 0.483 bits per heavy atom. The van der Waals surface area contributed by atoms with Gasteiger partial charge in [0.25, 0.3) is 0 Å². The van der Waals surface area contributed by atoms with Crippen molar-refractivity contribution in [1.29, 1.82) is 0 Å². The van der Waals surface area contributed by atoms with E-state index in [1.807, 2.05) is 24.3 Å². The van der Waals surface area contributed by atoms with Crippen LogP contribution in [0.4, 0.5) is 0 Å². The summed E-state index contributed by atoms with van der Waals surface area (Å²) in [5.41, 5.74) is 8.57. The molecule has 0 aliphatic carbocycles. The number of carbonyl (C=O) groups is 2. The Morgan fingerprint density at radius 3 is 1.17 bits per heavy atom. The number of esters is 2. The standard InChI is InChI=1S/C48H50O8S2/c1-5-47(49)55-29-27-51-23-25-53-31-33-57-43-17-11-39(12-18-43)7-9-41-15-21-45(37(3)35-41)46-22-16-42(36-38(46)4)10-8-40-13-19-44(20-14-40)58-34-32-54-26-24-52-28-30-56-48(50)6-2/h5-6,11-22,35-36H,1-2,23-34H2,3-4H3. The van der Waals surface area contributed by atoms with Gasteiger partial charge in [-0.05, 0) is 109 Å². The Hall–Kier alpha value is -5.04. The summed E-state index contributed by atoms with van der Waals surface area (Å²) in [6, 6.07) is 29.3. The van der Waals surface area contributed by atoms with Gasteiger partial charge >= 0.3 is 11.9 Å². The summed E-state index contributed by atoms with van der Waals surface area (Å²) < 4.78 is 31.7. The van der Waals surface area contributed by atoms with Crippen molar-refractivity contribution < 1.29 is 38.0 Å². The average molecular weight is 819 g/mol. The predicted molar refractivity (Wildman–Crippen MR) is 233 cm³/mol. The number of rotatable bonds is 23. The quantitative estimate of drug-likeness (QED) is 0.0239. The largest absolute Gasteiger partial charge is 0.460 e. The average Bonchev–Trinajstić information content (AvgIpc) is 3.24. The SMILES string of the molecule is C=CC(=O)OCCOCCOCCSc1ccc(C#Cc2ccc(-c3ccc(C#Cc4ccc(SCCOCCOCCOC(=O)C=C)cc4)cc3C)c(C)c2)cc1. The monoisotopic (exact) mass is 818 g/mol. The molecule has 0 heterocycles. The zero-order valence-corrected chi connectivity index (χ0v) is 34.9. The van der Waals surface area contributed by atoms with Crippen LogP contribution in [0.2, 0.25) is 0 Å². The van der Waals surface area contributed by atoms with Crippen molar-refractivity contribution >= 4 is 35.5 Å². The third kappa shape index (κ3) is 17.6. The van der Waals surface area contributed by atoms with Gasteiger partial charge in [0.15, 0.2) is 0 Å². The summed E-state index contributed by atoms with van der Waals surface area (Å²) in [6.07, 6.45) is 2.26. The van der Waals surface area contributed by atoms with Crippen LogP contribution in [0, 0.1) is 37.5 Å². The molecule has 0 N–H and O–H groups in total. The first-order valence-electron chi connectivity index (χ1n) is 19.0. The van der Waals surface area contributed by atoms with E-state index in [9.17, 15) is 9.59 Å². The van der Waals surface area contributed by atoms with Gasteiger partial charge in [-0.15, -0.1) is 23.5 Å². The number of hydrogen-bond acceptors (Lipinski definition) is 10. The van der Waals surface area contributed by atoms with E-state index in [-0.39, 0.29) is 13.2 Å². The molecular formula is C48H50O8S2. The zero-order chi connectivity index (χ0) is 41.2. The zero-order valence-electron chi connectivity index (χ0n) is 33.2. The van der Waals surface area contributed by atoms with Crippen LogP contribution in [-0.4, -0.2) is 89.5 Å². The molecule has 10 heteroatoms. The predicted octanol–water partition coefficient (Wildman–Crippen LogP) is 8.48. The number of benzene rings is 4. The van der Waals surface area contributed by atoms with Crippen LogP contribution in [0.1, 0.15) is 33.4 Å². The van der Waals surface area contributed by atoms with Crippen molar-refractivity contribution in [3.8, 4) is 34.8 Å². The fourth-order valence-electron chi connectivity index (χ4n) is 5.25. The molecule has 302 valence electrons. The maximum absolute atomic E-state index is 11.0. The molecule has 0 bridgehead atoms. The second-order valence-corrected chi connectivity index (χ2v) is 14.8. The van der Waals surface area contributed by atoms with Gasteiger partial charge in [-0.1, -0.05) is 49.0 Å². The van der Waals surface area contributed by atoms with E-state index in [0.29, 0.717) is 52.9 Å². The molecule has 4 aromatic rings. The van der Waals surface area contributed by atoms with E-state index in [4.69, 9.17) is 28.4 Å². The van der Waals surface area contributed by atoms with E-state index in [1.165, 1.54) is 22.3 Å². The van der Waals surface area contributed by atoms with Crippen LogP contribution in [0.25, 0.3) is 11.1 Å². The van der Waals surface area contributed by atoms with Gasteiger partial charge in [-0.3, -0.25) is 0 Å². The Bertz CT molecular complexity index is 1900. The molecule has 58 heavy (non-hydrogen) atoms. The summed E-state index contributed by atoms with van der Waals surface area (Å²) in [7, 11) is 0. The molecule has 0 spiro atoms. The molecule has 0 saturated heterocycles. The molecule has 0 saturated carbocycles. The third-order valence-electron chi connectivity index (χ3n) is 8.17. The highest BCUT2D eigenvalue weighted by atomic mass is 32.2. The molecule has 8 nitrogen and oxygen atoms in total. The molecular weight excluding hydrogens is 769 g/mol. The summed E-state index contributed by atoms with van der Waals surface area (Å²) in [6.45, 7) is 15.1. The lowest BCUT2D eigenvalue weighted by molar-refractivity contribution is -0.140. The smallest absolute Gasteiger partial charge is 0.330 e. The first-order valence-corrected chi connectivity index (χ1v) is 20.9. The van der Waals surface area contributed by atoms with Crippen molar-refractivity contribution in [2.24, 2.45) is 0 Å². The minimum atomic E-state index is -0.449. The minimum absolute atomic E-state index is 0.208. The first kappa shape index (κ1) is 45.7. The summed E-state index contributed by atoms with van der Waals surface area (Å²) >= 11 is 3.46. The molecule has 0 aromatic heterocycles. The van der Waals surface area contributed by atoms with Crippen molar-refractivity contribution in [3.05, 3.63) is 144 Å². The van der Waals surface area contributed by atoms with Gasteiger partial charge in [0.1, 0.15) is 13.2 Å². The van der Waals surface area contributed by atoms with E-state index in [0.717, 1.165) is 55.7 Å². The highest BCUT2D eigenvalue weighted by Crippen LogP contribution is 2.28. The van der Waals surface area contributed by atoms with Gasteiger partial charge in [0.05, 0.1) is 52.9 Å². The van der Waals surface area contributed by atoms with Gasteiger partial charge in [0, 0.05) is 55.7 Å². The van der Waals surface area contributed by atoms with Crippen LogP contribution in [0.5, 0.6) is 0 Å². The number of thioether (sulfide) groups is 2. The minimum Gasteiger partial charge on any atom is -0.460 e. The van der Waals surface area contributed by atoms with Crippen molar-refractivity contribution in [1.82, 2.24) is 0 Å². The van der Waals surface area contributed by atoms with Crippen LogP contribution >= 0.6 is 23.5 Å². The van der Waals surface area contributed by atoms with Gasteiger partial charge in [0.2, 0.25) is 0 Å². The summed E-state index contributed by atoms with van der Waals surface area (Å²) in [5.74, 6) is 14.0. The van der Waals surface area contributed by atoms with Crippen molar-refractivity contribution in [2.75, 3.05) is 77.6 Å². The molecule has 0 aliphatic heterocycles. The molecule has 0 amide bonds. The highest BCUT2D eigenvalue weighted by molar-refractivity contribution is 7.99. The second-order valence-electron chi connectivity index (χ2n) is 12.5. The van der Waals surface area contributed by atoms with Crippen LogP contribution in [-0.2, 0) is 38.0 Å². The van der Waals surface area contributed by atoms with Gasteiger partial charge < -0.3 is 28.4 Å². The molecule has 0 radical (unpaired) electrons. The fraction of sp³-hybridized carbons (Fsp3) is 0.292. The fourth-order valence-corrected chi connectivity index (χ4v) is 6.78. The molecule has 0 aliphatic rings. The van der Waals surface area contributed by atoms with Crippen LogP contribution < -0.4 is 0 Å². The van der Waals surface area contributed by atoms with Gasteiger partial charge in [-0.25, -0.2) is 9.59 Å². The maximum Gasteiger partial charge on any atom is 0.330 e. The number of aryl methyl sites for hydroxylation is 2. The van der Waals surface area contributed by atoms with E-state index >= 15 is 0 Å². The third-order valence-corrected chi connectivity index (χ3v) is 10.1. The van der Waals surface area contributed by atoms with Gasteiger partial charge in [-0.2, -0.15) is 0 Å². The van der Waals surface area contributed by atoms with Crippen molar-refractivity contribution in [2.45, 2.75) is 23.6 Å². The topological polar surface area (TPSA) is 89.5 Å². The molecule has 0 fully saturated rings. The molecule has 0 atom stereocenters. The maximum atomic E-state index is 11.0. The Kier molecular flexibility index (Phi) is 21.1. The molecule has 4 aromatic carbocycles. The van der Waals surface area contributed by atoms with E-state index in [1.54, 1.807) is 23.5 Å². The normalized spacial score (nSPS) is 10.4. The Labute approximate surface area is 351 Å². The van der Waals surface area contributed by atoms with E-state index < -0.39 is 11.9 Å². The highest BCUT2D eigenvalue weighted by Gasteiger charge is 2.07. The number of hydrogen-bond donors (Lipinski definition) is 0. The second kappa shape index (κ2) is 26.8. The van der Waals surface area contributed by atoms with Crippen molar-refractivity contribution in [3.63, 3.8) is 0 Å². The first-order chi connectivity index (χ1) is 28.3. The summed E-state index contributed by atoms with van der Waals surface area (Å²) in [4.78, 5) is 24.3. The summed E-state index contributed by atoms with van der Waals surface area (Å²) in [5, 5.41) is 0. The Balaban J connectivity index is 1.16. The van der Waals surface area contributed by atoms with Crippen LogP contribution in [0.3, 0.4) is 0 Å². The van der Waals surface area contributed by atoms with E-state index in [2.05, 4.69) is 111 Å².